The van der Waals surface area contributed by atoms with Crippen molar-refractivity contribution < 1.29 is 28.6 Å². The summed E-state index contributed by atoms with van der Waals surface area (Å²) >= 11 is 0. The van der Waals surface area contributed by atoms with Crippen LogP contribution in [0.15, 0.2) is 182 Å². The number of carbonyl (C=O) groups is 3. The summed E-state index contributed by atoms with van der Waals surface area (Å²) in [7, 11) is 0. The van der Waals surface area contributed by atoms with Crippen molar-refractivity contribution in [2.45, 2.75) is 252 Å². The molecule has 0 aromatic heterocycles. The van der Waals surface area contributed by atoms with Gasteiger partial charge in [-0.25, -0.2) is 0 Å². The van der Waals surface area contributed by atoms with Gasteiger partial charge in [-0.15, -0.1) is 0 Å². The molecule has 80 heavy (non-hydrogen) atoms. The van der Waals surface area contributed by atoms with Gasteiger partial charge < -0.3 is 14.2 Å². The van der Waals surface area contributed by atoms with Crippen molar-refractivity contribution in [1.29, 1.82) is 0 Å². The second-order valence-electron chi connectivity index (χ2n) is 20.2. The number of unbranched alkanes of at least 4 members (excludes halogenated alkanes) is 14. The predicted octanol–water partition coefficient (Wildman–Crippen LogP) is 22.0. The molecule has 0 aliphatic heterocycles. The van der Waals surface area contributed by atoms with Gasteiger partial charge in [0.15, 0.2) is 6.10 Å². The van der Waals surface area contributed by atoms with E-state index in [4.69, 9.17) is 14.2 Å². The second kappa shape index (κ2) is 66.0. The summed E-state index contributed by atoms with van der Waals surface area (Å²) in [4.78, 5) is 38.3. The second-order valence-corrected chi connectivity index (χ2v) is 20.2. The number of allylic oxidation sites excluding steroid dienone is 30. The summed E-state index contributed by atoms with van der Waals surface area (Å²) in [5.41, 5.74) is 0. The van der Waals surface area contributed by atoms with Crippen molar-refractivity contribution in [3.63, 3.8) is 0 Å². The highest BCUT2D eigenvalue weighted by Gasteiger charge is 2.19. The van der Waals surface area contributed by atoms with Crippen LogP contribution in [0.2, 0.25) is 0 Å². The zero-order valence-electron chi connectivity index (χ0n) is 51.0. The Morgan fingerprint density at radius 2 is 0.500 bits per heavy atom. The third-order valence-corrected chi connectivity index (χ3v) is 12.6. The van der Waals surface area contributed by atoms with Crippen LogP contribution >= 0.6 is 0 Å². The first-order valence-electron chi connectivity index (χ1n) is 31.8. The Labute approximate surface area is 491 Å². The summed E-state index contributed by atoms with van der Waals surface area (Å²) in [6.07, 6.45) is 99.0. The number of hydrogen-bond donors (Lipinski definition) is 0. The molecule has 0 saturated heterocycles. The SMILES string of the molecule is CC/C=C\C/C=C\C/C=C\C/C=C\C/C=C\C/C=C\C/C=C\CCCC(=O)OCC(COC(=O)CCCCCCC/C=C\CCCCCCCCC)OC(=O)CCC/C=C\C/C=C\C/C=C\C/C=C\C/C=C\C/C=C\C/C=C\CC. The van der Waals surface area contributed by atoms with Crippen molar-refractivity contribution in [3.8, 4) is 0 Å². The van der Waals surface area contributed by atoms with Gasteiger partial charge in [-0.05, 0) is 148 Å². The molecule has 0 heterocycles. The lowest BCUT2D eigenvalue weighted by atomic mass is 10.1. The van der Waals surface area contributed by atoms with E-state index in [1.807, 2.05) is 0 Å². The fourth-order valence-electron chi connectivity index (χ4n) is 7.94. The average Bonchev–Trinajstić information content (AvgIpc) is 3.46. The summed E-state index contributed by atoms with van der Waals surface area (Å²) in [5, 5.41) is 0. The molecule has 0 amide bonds. The molecule has 0 aliphatic rings. The first-order valence-corrected chi connectivity index (χ1v) is 31.8. The first-order chi connectivity index (χ1) is 39.5. The molecule has 0 aliphatic carbocycles. The zero-order chi connectivity index (χ0) is 57.8. The number of carbonyl (C=O) groups excluding carboxylic acids is 3. The van der Waals surface area contributed by atoms with Crippen molar-refractivity contribution in [2.24, 2.45) is 0 Å². The van der Waals surface area contributed by atoms with Gasteiger partial charge in [0.2, 0.25) is 0 Å². The molecule has 0 spiro atoms. The van der Waals surface area contributed by atoms with Crippen LogP contribution in [0.1, 0.15) is 245 Å². The van der Waals surface area contributed by atoms with Gasteiger partial charge in [-0.3, -0.25) is 14.4 Å². The topological polar surface area (TPSA) is 78.9 Å². The summed E-state index contributed by atoms with van der Waals surface area (Å²) in [5.74, 6) is -1.07. The maximum Gasteiger partial charge on any atom is 0.306 e. The minimum absolute atomic E-state index is 0.133. The molecule has 0 aromatic rings. The van der Waals surface area contributed by atoms with E-state index in [1.165, 1.54) is 57.8 Å². The van der Waals surface area contributed by atoms with Gasteiger partial charge in [0, 0.05) is 19.3 Å². The van der Waals surface area contributed by atoms with E-state index in [2.05, 4.69) is 203 Å². The fourth-order valence-corrected chi connectivity index (χ4v) is 7.94. The Balaban J connectivity index is 4.63. The van der Waals surface area contributed by atoms with Crippen LogP contribution in [0.3, 0.4) is 0 Å². The number of rotatable bonds is 55. The summed E-state index contributed by atoms with van der Waals surface area (Å²) < 4.78 is 16.8. The van der Waals surface area contributed by atoms with Crippen LogP contribution in [-0.4, -0.2) is 37.2 Å². The minimum atomic E-state index is -0.848. The van der Waals surface area contributed by atoms with E-state index in [9.17, 15) is 14.4 Å². The van der Waals surface area contributed by atoms with Gasteiger partial charge in [0.25, 0.3) is 0 Å². The van der Waals surface area contributed by atoms with Crippen LogP contribution in [0.4, 0.5) is 0 Å². The Morgan fingerprint density at radius 1 is 0.263 bits per heavy atom. The largest absolute Gasteiger partial charge is 0.462 e. The molecular weight excluding hydrogens is 985 g/mol. The van der Waals surface area contributed by atoms with Crippen molar-refractivity contribution in [2.75, 3.05) is 13.2 Å². The number of esters is 3. The van der Waals surface area contributed by atoms with Gasteiger partial charge in [0.1, 0.15) is 13.2 Å². The summed E-state index contributed by atoms with van der Waals surface area (Å²) in [6.45, 7) is 6.30. The van der Waals surface area contributed by atoms with E-state index >= 15 is 0 Å². The van der Waals surface area contributed by atoms with E-state index in [1.54, 1.807) is 0 Å². The Morgan fingerprint density at radius 3 is 0.825 bits per heavy atom. The predicted molar refractivity (Wildman–Crippen MR) is 348 cm³/mol. The third-order valence-electron chi connectivity index (χ3n) is 12.6. The molecular formula is C74H114O6. The maximum absolute atomic E-state index is 12.9. The molecule has 446 valence electrons. The van der Waals surface area contributed by atoms with Crippen LogP contribution in [-0.2, 0) is 28.6 Å². The van der Waals surface area contributed by atoms with Crippen molar-refractivity contribution >= 4 is 17.9 Å². The molecule has 6 nitrogen and oxygen atoms in total. The molecule has 0 radical (unpaired) electrons. The lowest BCUT2D eigenvalue weighted by Crippen LogP contribution is -2.30. The van der Waals surface area contributed by atoms with Crippen LogP contribution in [0, 0.1) is 0 Å². The number of hydrogen-bond acceptors (Lipinski definition) is 6. The van der Waals surface area contributed by atoms with E-state index in [0.29, 0.717) is 19.3 Å². The number of ether oxygens (including phenoxy) is 3. The highest BCUT2D eigenvalue weighted by molar-refractivity contribution is 5.71. The molecule has 6 heteroatoms. The summed E-state index contributed by atoms with van der Waals surface area (Å²) in [6, 6.07) is 0. The van der Waals surface area contributed by atoms with Crippen LogP contribution in [0.5, 0.6) is 0 Å². The first kappa shape index (κ1) is 74.5. The third kappa shape index (κ3) is 63.3. The standard InChI is InChI=1S/C74H114O6/c1-4-7-10-13-16-19-22-25-28-31-33-35-37-39-41-43-46-49-52-55-58-61-64-67-73(76)79-70-71(69-78-72(75)66-63-60-57-54-51-48-45-30-27-24-21-18-15-12-9-6-3)80-74(77)68-65-62-59-56-53-50-47-44-42-40-38-36-34-32-29-26-23-20-17-14-11-8-5-2/h7-8,10-11,16-17,19-20,25-26,28-30,33-36,39-42,45-47,49-50,55-56,58-59,71H,4-6,9,12-15,18,21-24,27,31-32,37-38,43-44,48,51-54,57,60-70H2,1-3H3/b10-7-,11-8-,19-16-,20-17-,28-25-,29-26-,35-33-,36-34-,41-39-,42-40-,45-30-,49-46-,50-47-,58-55-,59-56-. The monoisotopic (exact) mass is 1100 g/mol. The van der Waals surface area contributed by atoms with Gasteiger partial charge >= 0.3 is 17.9 Å². The molecule has 0 saturated carbocycles. The Kier molecular flexibility index (Phi) is 61.5. The highest BCUT2D eigenvalue weighted by atomic mass is 16.6. The smallest absolute Gasteiger partial charge is 0.306 e. The fraction of sp³-hybridized carbons (Fsp3) is 0.554. The molecule has 0 bridgehead atoms. The minimum Gasteiger partial charge on any atom is -0.462 e. The molecule has 0 fully saturated rings. The van der Waals surface area contributed by atoms with E-state index < -0.39 is 12.1 Å². The molecule has 0 N–H and O–H groups in total. The van der Waals surface area contributed by atoms with Crippen molar-refractivity contribution in [1.82, 2.24) is 0 Å². The Bertz CT molecular complexity index is 1890. The van der Waals surface area contributed by atoms with Gasteiger partial charge in [-0.2, -0.15) is 0 Å². The lowest BCUT2D eigenvalue weighted by Gasteiger charge is -2.18. The van der Waals surface area contributed by atoms with Crippen LogP contribution < -0.4 is 0 Å². The molecule has 1 unspecified atom stereocenters. The maximum atomic E-state index is 12.9. The van der Waals surface area contributed by atoms with Gasteiger partial charge in [0.05, 0.1) is 0 Å². The average molecular weight is 1100 g/mol. The van der Waals surface area contributed by atoms with Gasteiger partial charge in [-0.1, -0.05) is 261 Å². The highest BCUT2D eigenvalue weighted by Crippen LogP contribution is 2.13. The van der Waals surface area contributed by atoms with E-state index in [0.717, 1.165) is 135 Å². The molecule has 0 aromatic carbocycles. The lowest BCUT2D eigenvalue weighted by molar-refractivity contribution is -0.167. The Hall–Kier alpha value is -5.49. The normalized spacial score (nSPS) is 13.4. The van der Waals surface area contributed by atoms with Crippen LogP contribution in [0.25, 0.3) is 0 Å². The molecule has 0 rings (SSSR count). The van der Waals surface area contributed by atoms with Crippen molar-refractivity contribution in [3.05, 3.63) is 182 Å². The molecule has 1 atom stereocenters. The zero-order valence-corrected chi connectivity index (χ0v) is 51.0. The van der Waals surface area contributed by atoms with E-state index in [-0.39, 0.29) is 38.0 Å². The quantitative estimate of drug-likeness (QED) is 0.0261.